The number of rotatable bonds is 2. The molecule has 2 nitrogen and oxygen atoms in total. The van der Waals surface area contributed by atoms with Crippen LogP contribution in [0.4, 0.5) is 0 Å². The lowest BCUT2D eigenvalue weighted by Crippen LogP contribution is -3.00. The molecule has 1 aliphatic heterocycles. The molecule has 1 saturated carbocycles. The Labute approximate surface area is 146 Å². The summed E-state index contributed by atoms with van der Waals surface area (Å²) in [6.07, 6.45) is 7.21. The van der Waals surface area contributed by atoms with E-state index < -0.39 is 0 Å². The number of likely N-dealkylation sites (N-methyl/N-ethyl adjacent to an activating group) is 1. The second-order valence-electron chi connectivity index (χ2n) is 7.03. The summed E-state index contributed by atoms with van der Waals surface area (Å²) in [5, 5.41) is 10.4. The number of aliphatic hydroxyl groups is 1. The first-order valence-electron chi connectivity index (χ1n) is 8.26. The van der Waals surface area contributed by atoms with Crippen molar-refractivity contribution in [1.29, 1.82) is 0 Å². The predicted molar refractivity (Wildman–Crippen MR) is 82.6 cm³/mol. The smallest absolute Gasteiger partial charge is 0.115 e. The molecule has 2 atom stereocenters. The molecular formula is C18H28INO. The van der Waals surface area contributed by atoms with Crippen molar-refractivity contribution < 1.29 is 33.6 Å². The van der Waals surface area contributed by atoms with Crippen LogP contribution in [-0.2, 0) is 0 Å². The monoisotopic (exact) mass is 401 g/mol. The molecule has 1 aromatic rings. The van der Waals surface area contributed by atoms with E-state index in [2.05, 4.69) is 37.4 Å². The van der Waals surface area contributed by atoms with E-state index in [-0.39, 0.29) is 30.1 Å². The zero-order valence-corrected chi connectivity index (χ0v) is 15.2. The maximum Gasteiger partial charge on any atom is 0.115 e. The van der Waals surface area contributed by atoms with Crippen LogP contribution in [0.2, 0.25) is 0 Å². The maximum absolute atomic E-state index is 10.4. The third-order valence-corrected chi connectivity index (χ3v) is 5.74. The van der Waals surface area contributed by atoms with Crippen molar-refractivity contribution in [3.05, 3.63) is 35.9 Å². The van der Waals surface area contributed by atoms with Crippen molar-refractivity contribution in [3.8, 4) is 0 Å². The number of piperidine rings is 1. The lowest BCUT2D eigenvalue weighted by atomic mass is 9.84. The first kappa shape index (κ1) is 17.2. The molecule has 1 heterocycles. The molecule has 1 unspecified atom stereocenters. The fourth-order valence-electron chi connectivity index (χ4n) is 4.37. The second-order valence-corrected chi connectivity index (χ2v) is 7.03. The van der Waals surface area contributed by atoms with Crippen molar-refractivity contribution in [2.24, 2.45) is 0 Å². The number of aliphatic hydroxyl groups excluding tert-OH is 1. The average molecular weight is 401 g/mol. The molecule has 3 heteroatoms. The van der Waals surface area contributed by atoms with Crippen LogP contribution >= 0.6 is 0 Å². The van der Waals surface area contributed by atoms with Gasteiger partial charge in [0.1, 0.15) is 12.1 Å². The van der Waals surface area contributed by atoms with Gasteiger partial charge in [0.25, 0.3) is 0 Å². The van der Waals surface area contributed by atoms with E-state index in [1.54, 1.807) is 0 Å². The fraction of sp³-hybridized carbons (Fsp3) is 0.667. The summed E-state index contributed by atoms with van der Waals surface area (Å²) in [7, 11) is 2.38. The number of quaternary nitrogens is 1. The SMILES string of the molecule is C[N+]1(C2CCCC[C@@H]2O)CCC(c2ccccc2)CC1.[I-]. The fourth-order valence-corrected chi connectivity index (χ4v) is 4.37. The van der Waals surface area contributed by atoms with Crippen LogP contribution in [0, 0.1) is 0 Å². The third kappa shape index (κ3) is 3.80. The van der Waals surface area contributed by atoms with Crippen molar-refractivity contribution in [3.63, 3.8) is 0 Å². The summed E-state index contributed by atoms with van der Waals surface area (Å²) in [4.78, 5) is 0. The van der Waals surface area contributed by atoms with Crippen molar-refractivity contribution in [2.75, 3.05) is 20.1 Å². The van der Waals surface area contributed by atoms with Gasteiger partial charge in [-0.2, -0.15) is 0 Å². The van der Waals surface area contributed by atoms with E-state index in [0.717, 1.165) is 16.8 Å². The normalized spacial score (nSPS) is 36.8. The summed E-state index contributed by atoms with van der Waals surface area (Å²) in [5.74, 6) is 0.725. The largest absolute Gasteiger partial charge is 1.00 e. The molecule has 21 heavy (non-hydrogen) atoms. The minimum absolute atomic E-state index is 0. The van der Waals surface area contributed by atoms with Gasteiger partial charge in [0.15, 0.2) is 0 Å². The van der Waals surface area contributed by atoms with Gasteiger partial charge in [0, 0.05) is 19.3 Å². The molecule has 0 radical (unpaired) electrons. The molecule has 0 bridgehead atoms. The summed E-state index contributed by atoms with van der Waals surface area (Å²) < 4.78 is 1.10. The minimum Gasteiger partial charge on any atom is -1.00 e. The van der Waals surface area contributed by atoms with Gasteiger partial charge in [-0.15, -0.1) is 0 Å². The Bertz CT molecular complexity index is 428. The van der Waals surface area contributed by atoms with Gasteiger partial charge in [-0.25, -0.2) is 0 Å². The zero-order chi connectivity index (χ0) is 14.0. The van der Waals surface area contributed by atoms with E-state index >= 15 is 0 Å². The molecule has 1 N–H and O–H groups in total. The van der Waals surface area contributed by atoms with E-state index in [1.807, 2.05) is 0 Å². The van der Waals surface area contributed by atoms with Gasteiger partial charge < -0.3 is 33.6 Å². The van der Waals surface area contributed by atoms with Crippen LogP contribution in [0.3, 0.4) is 0 Å². The van der Waals surface area contributed by atoms with Crippen molar-refractivity contribution >= 4 is 0 Å². The summed E-state index contributed by atoms with van der Waals surface area (Å²) in [5.41, 5.74) is 1.50. The number of halogens is 1. The Kier molecular flexibility index (Phi) is 6.09. The molecule has 3 rings (SSSR count). The molecular weight excluding hydrogens is 373 g/mol. The Hall–Kier alpha value is -0.130. The standard InChI is InChI=1S/C18H28NO.HI/c1-19(17-9-5-6-10-18(17)20)13-11-16(12-14-19)15-7-3-2-4-8-15;/h2-4,7-8,16-18,20H,5-6,9-14H2,1H3;1H/q+1;/p-1/t16?,17?,18-,19?;/m0./s1. The molecule has 2 aliphatic rings. The average Bonchev–Trinajstić information content (AvgIpc) is 2.49. The summed E-state index contributed by atoms with van der Waals surface area (Å²) in [6.45, 7) is 2.45. The topological polar surface area (TPSA) is 20.2 Å². The number of hydrogen-bond donors (Lipinski definition) is 1. The maximum atomic E-state index is 10.4. The Morgan fingerprint density at radius 2 is 1.57 bits per heavy atom. The number of likely N-dealkylation sites (tertiary alicyclic amines) is 1. The van der Waals surface area contributed by atoms with Gasteiger partial charge in [-0.1, -0.05) is 36.8 Å². The highest BCUT2D eigenvalue weighted by Gasteiger charge is 2.41. The number of hydrogen-bond acceptors (Lipinski definition) is 1. The highest BCUT2D eigenvalue weighted by atomic mass is 127. The Balaban J connectivity index is 0.00000161. The van der Waals surface area contributed by atoms with Crippen molar-refractivity contribution in [2.45, 2.75) is 56.6 Å². The highest BCUT2D eigenvalue weighted by molar-refractivity contribution is 5.19. The molecule has 118 valence electrons. The Morgan fingerprint density at radius 1 is 0.952 bits per heavy atom. The quantitative estimate of drug-likeness (QED) is 0.559. The van der Waals surface area contributed by atoms with Crippen LogP contribution in [0.15, 0.2) is 30.3 Å². The summed E-state index contributed by atoms with van der Waals surface area (Å²) >= 11 is 0. The van der Waals surface area contributed by atoms with Gasteiger partial charge >= 0.3 is 0 Å². The van der Waals surface area contributed by atoms with E-state index in [9.17, 15) is 5.11 Å². The van der Waals surface area contributed by atoms with Crippen LogP contribution in [0.25, 0.3) is 0 Å². The minimum atomic E-state index is -0.0676. The van der Waals surface area contributed by atoms with Gasteiger partial charge in [-0.3, -0.25) is 0 Å². The summed E-state index contributed by atoms with van der Waals surface area (Å²) in [6, 6.07) is 11.4. The zero-order valence-electron chi connectivity index (χ0n) is 13.0. The molecule has 1 saturated heterocycles. The first-order valence-corrected chi connectivity index (χ1v) is 8.26. The van der Waals surface area contributed by atoms with Crippen LogP contribution in [0.1, 0.15) is 50.0 Å². The second kappa shape index (κ2) is 7.42. The third-order valence-electron chi connectivity index (χ3n) is 5.74. The van der Waals surface area contributed by atoms with Crippen molar-refractivity contribution in [1.82, 2.24) is 0 Å². The van der Waals surface area contributed by atoms with Gasteiger partial charge in [-0.05, 0) is 24.3 Å². The molecule has 0 spiro atoms. The van der Waals surface area contributed by atoms with Gasteiger partial charge in [0.05, 0.1) is 20.1 Å². The van der Waals surface area contributed by atoms with Gasteiger partial charge in [0.2, 0.25) is 0 Å². The molecule has 2 fully saturated rings. The first-order chi connectivity index (χ1) is 9.69. The number of benzene rings is 1. The molecule has 1 aromatic carbocycles. The predicted octanol–water partition coefficient (Wildman–Crippen LogP) is 0.318. The highest BCUT2D eigenvalue weighted by Crippen LogP contribution is 2.36. The molecule has 0 aromatic heterocycles. The molecule has 1 aliphatic carbocycles. The number of nitrogens with zero attached hydrogens (tertiary/aromatic N) is 1. The van der Waals surface area contributed by atoms with Crippen LogP contribution < -0.4 is 24.0 Å². The van der Waals surface area contributed by atoms with E-state index in [1.165, 1.54) is 50.8 Å². The lowest BCUT2D eigenvalue weighted by Gasteiger charge is -2.49. The van der Waals surface area contributed by atoms with E-state index in [4.69, 9.17) is 0 Å². The van der Waals surface area contributed by atoms with E-state index in [0.29, 0.717) is 6.04 Å². The molecule has 0 amide bonds. The van der Waals surface area contributed by atoms with Crippen LogP contribution in [-0.4, -0.2) is 41.9 Å². The van der Waals surface area contributed by atoms with Crippen LogP contribution in [0.5, 0.6) is 0 Å². The Morgan fingerprint density at radius 3 is 2.19 bits per heavy atom. The lowest BCUT2D eigenvalue weighted by molar-refractivity contribution is -0.942.